The number of hydrogen-bond acceptors (Lipinski definition) is 4. The number of aryl methyl sites for hydroxylation is 1. The zero-order chi connectivity index (χ0) is 17.3. The fourth-order valence-corrected chi connectivity index (χ4v) is 2.84. The van der Waals surface area contributed by atoms with E-state index in [1.54, 1.807) is 11.7 Å². The number of aromatic amines is 1. The molecule has 1 aromatic carbocycles. The molecule has 0 saturated carbocycles. The zero-order valence-corrected chi connectivity index (χ0v) is 14.5. The molecule has 0 amide bonds. The molecule has 0 unspecified atom stereocenters. The molecular formula is C18H22N4O2. The predicted molar refractivity (Wildman–Crippen MR) is 94.3 cm³/mol. The smallest absolute Gasteiger partial charge is 0.277 e. The van der Waals surface area contributed by atoms with E-state index in [4.69, 9.17) is 9.72 Å². The van der Waals surface area contributed by atoms with Gasteiger partial charge in [0.1, 0.15) is 17.1 Å². The number of nitrogens with zero attached hydrogens (tertiary/aromatic N) is 3. The van der Waals surface area contributed by atoms with Crippen LogP contribution in [0.4, 0.5) is 0 Å². The maximum Gasteiger partial charge on any atom is 0.277 e. The van der Waals surface area contributed by atoms with Crippen LogP contribution in [0.5, 0.6) is 5.75 Å². The van der Waals surface area contributed by atoms with E-state index in [0.29, 0.717) is 35.1 Å². The van der Waals surface area contributed by atoms with Crippen LogP contribution in [-0.2, 0) is 13.5 Å². The first-order chi connectivity index (χ1) is 11.5. The maximum atomic E-state index is 12.6. The first kappa shape index (κ1) is 16.2. The van der Waals surface area contributed by atoms with Crippen molar-refractivity contribution in [3.63, 3.8) is 0 Å². The average Bonchev–Trinajstić information content (AvgIpc) is 2.84. The third-order valence-electron chi connectivity index (χ3n) is 3.81. The van der Waals surface area contributed by atoms with Crippen molar-refractivity contribution in [1.29, 1.82) is 0 Å². The van der Waals surface area contributed by atoms with Gasteiger partial charge in [0.25, 0.3) is 5.56 Å². The highest BCUT2D eigenvalue weighted by molar-refractivity contribution is 5.79. The number of nitrogens with one attached hydrogen (secondary N) is 1. The number of benzene rings is 1. The van der Waals surface area contributed by atoms with Gasteiger partial charge in [0, 0.05) is 7.05 Å². The highest BCUT2D eigenvalue weighted by atomic mass is 16.5. The standard InChI is InChI=1S/C18H22N4O2/c1-5-24-14-9-7-6-8-12(14)17-19-15-13(10-11(2)3)21-22(4)16(15)18(23)20-17/h6-9,11H,5,10H2,1-4H3,(H,19,20,23). The molecule has 0 saturated heterocycles. The molecule has 0 bridgehead atoms. The first-order valence-electron chi connectivity index (χ1n) is 8.19. The van der Waals surface area contributed by atoms with Crippen LogP contribution in [0.25, 0.3) is 22.4 Å². The summed E-state index contributed by atoms with van der Waals surface area (Å²) < 4.78 is 7.27. The van der Waals surface area contributed by atoms with E-state index in [2.05, 4.69) is 23.9 Å². The van der Waals surface area contributed by atoms with Crippen molar-refractivity contribution in [3.8, 4) is 17.1 Å². The Bertz CT molecular complexity index is 924. The molecule has 2 aromatic heterocycles. The van der Waals surface area contributed by atoms with Crippen LogP contribution in [0, 0.1) is 5.92 Å². The molecule has 0 aliphatic heterocycles. The Morgan fingerprint density at radius 2 is 2.04 bits per heavy atom. The summed E-state index contributed by atoms with van der Waals surface area (Å²) in [7, 11) is 1.77. The molecule has 2 heterocycles. The summed E-state index contributed by atoms with van der Waals surface area (Å²) >= 11 is 0. The summed E-state index contributed by atoms with van der Waals surface area (Å²) in [5.74, 6) is 1.65. The van der Waals surface area contributed by atoms with Crippen LogP contribution >= 0.6 is 0 Å². The number of ether oxygens (including phenoxy) is 1. The highest BCUT2D eigenvalue weighted by Gasteiger charge is 2.17. The number of aromatic nitrogens is 4. The van der Waals surface area contributed by atoms with E-state index < -0.39 is 0 Å². The minimum atomic E-state index is -0.189. The quantitative estimate of drug-likeness (QED) is 0.782. The van der Waals surface area contributed by atoms with Crippen molar-refractivity contribution in [2.75, 3.05) is 6.61 Å². The summed E-state index contributed by atoms with van der Waals surface area (Å²) in [5.41, 5.74) is 2.60. The number of para-hydroxylation sites is 1. The molecule has 0 radical (unpaired) electrons. The second-order valence-corrected chi connectivity index (χ2v) is 6.21. The van der Waals surface area contributed by atoms with Crippen LogP contribution < -0.4 is 10.3 Å². The van der Waals surface area contributed by atoms with Gasteiger partial charge in [-0.3, -0.25) is 9.48 Å². The number of rotatable bonds is 5. The zero-order valence-electron chi connectivity index (χ0n) is 14.5. The molecule has 24 heavy (non-hydrogen) atoms. The average molecular weight is 326 g/mol. The molecule has 6 heteroatoms. The largest absolute Gasteiger partial charge is 0.493 e. The Morgan fingerprint density at radius 1 is 1.29 bits per heavy atom. The van der Waals surface area contributed by atoms with Crippen molar-refractivity contribution in [3.05, 3.63) is 40.3 Å². The van der Waals surface area contributed by atoms with E-state index in [1.807, 2.05) is 31.2 Å². The third kappa shape index (κ3) is 2.91. The summed E-state index contributed by atoms with van der Waals surface area (Å²) in [6.45, 7) is 6.73. The van der Waals surface area contributed by atoms with Crippen LogP contribution in [0.3, 0.4) is 0 Å². The van der Waals surface area contributed by atoms with Gasteiger partial charge >= 0.3 is 0 Å². The summed E-state index contributed by atoms with van der Waals surface area (Å²) in [6.07, 6.45) is 0.778. The van der Waals surface area contributed by atoms with Crippen molar-refractivity contribution in [2.45, 2.75) is 27.2 Å². The Hall–Kier alpha value is -2.63. The van der Waals surface area contributed by atoms with Crippen LogP contribution in [-0.4, -0.2) is 26.4 Å². The first-order valence-corrected chi connectivity index (χ1v) is 8.19. The van der Waals surface area contributed by atoms with Crippen molar-refractivity contribution < 1.29 is 4.74 Å². The Kier molecular flexibility index (Phi) is 4.38. The fourth-order valence-electron chi connectivity index (χ4n) is 2.84. The Labute approximate surface area is 140 Å². The van der Waals surface area contributed by atoms with Crippen LogP contribution in [0.1, 0.15) is 26.5 Å². The molecule has 126 valence electrons. The van der Waals surface area contributed by atoms with Crippen molar-refractivity contribution in [1.82, 2.24) is 19.7 Å². The van der Waals surface area contributed by atoms with E-state index in [-0.39, 0.29) is 5.56 Å². The van der Waals surface area contributed by atoms with E-state index >= 15 is 0 Å². The second kappa shape index (κ2) is 6.47. The highest BCUT2D eigenvalue weighted by Crippen LogP contribution is 2.28. The summed E-state index contributed by atoms with van der Waals surface area (Å²) in [6, 6.07) is 7.58. The number of H-pyrrole nitrogens is 1. The SMILES string of the molecule is CCOc1ccccc1-c1nc2c(CC(C)C)nn(C)c2c(=O)[nH]1. The van der Waals surface area contributed by atoms with Crippen LogP contribution in [0.15, 0.2) is 29.1 Å². The van der Waals surface area contributed by atoms with Gasteiger partial charge in [0.05, 0.1) is 17.9 Å². The van der Waals surface area contributed by atoms with Gasteiger partial charge in [-0.15, -0.1) is 0 Å². The minimum absolute atomic E-state index is 0.189. The van der Waals surface area contributed by atoms with Crippen molar-refractivity contribution >= 4 is 11.0 Å². The molecule has 6 nitrogen and oxygen atoms in total. The lowest BCUT2D eigenvalue weighted by Crippen LogP contribution is -2.12. The molecule has 3 rings (SSSR count). The van der Waals surface area contributed by atoms with Gasteiger partial charge in [0.2, 0.25) is 0 Å². The number of hydrogen-bond donors (Lipinski definition) is 1. The number of fused-ring (bicyclic) bond motifs is 1. The predicted octanol–water partition coefficient (Wildman–Crippen LogP) is 2.92. The van der Waals surface area contributed by atoms with Gasteiger partial charge in [-0.05, 0) is 31.4 Å². The normalized spacial score (nSPS) is 11.4. The summed E-state index contributed by atoms with van der Waals surface area (Å²) in [4.78, 5) is 20.1. The van der Waals surface area contributed by atoms with E-state index in [1.165, 1.54) is 0 Å². The molecule has 3 aromatic rings. The molecule has 0 fully saturated rings. The Morgan fingerprint density at radius 3 is 2.75 bits per heavy atom. The minimum Gasteiger partial charge on any atom is -0.493 e. The molecule has 0 atom stereocenters. The van der Waals surface area contributed by atoms with Crippen molar-refractivity contribution in [2.24, 2.45) is 13.0 Å². The monoisotopic (exact) mass is 326 g/mol. The fraction of sp³-hybridized carbons (Fsp3) is 0.389. The second-order valence-electron chi connectivity index (χ2n) is 6.21. The lowest BCUT2D eigenvalue weighted by Gasteiger charge is -2.09. The topological polar surface area (TPSA) is 72.8 Å². The molecule has 0 aliphatic carbocycles. The van der Waals surface area contributed by atoms with E-state index in [9.17, 15) is 4.79 Å². The molecule has 1 N–H and O–H groups in total. The van der Waals surface area contributed by atoms with Crippen LogP contribution in [0.2, 0.25) is 0 Å². The molecular weight excluding hydrogens is 304 g/mol. The lowest BCUT2D eigenvalue weighted by molar-refractivity contribution is 0.341. The molecule has 0 spiro atoms. The third-order valence-corrected chi connectivity index (χ3v) is 3.81. The van der Waals surface area contributed by atoms with Gasteiger partial charge in [-0.2, -0.15) is 5.10 Å². The molecule has 0 aliphatic rings. The summed E-state index contributed by atoms with van der Waals surface area (Å²) in [5, 5.41) is 4.49. The Balaban J connectivity index is 2.22. The van der Waals surface area contributed by atoms with Gasteiger partial charge in [-0.1, -0.05) is 26.0 Å². The van der Waals surface area contributed by atoms with Gasteiger partial charge in [-0.25, -0.2) is 4.98 Å². The lowest BCUT2D eigenvalue weighted by atomic mass is 10.1. The van der Waals surface area contributed by atoms with Gasteiger partial charge < -0.3 is 9.72 Å². The van der Waals surface area contributed by atoms with Gasteiger partial charge in [0.15, 0.2) is 5.52 Å². The maximum absolute atomic E-state index is 12.6. The van der Waals surface area contributed by atoms with E-state index in [0.717, 1.165) is 17.7 Å².